The summed E-state index contributed by atoms with van der Waals surface area (Å²) in [5.74, 6) is 0.881. The van der Waals surface area contributed by atoms with Crippen LogP contribution in [-0.2, 0) is 5.41 Å². The van der Waals surface area contributed by atoms with Crippen molar-refractivity contribution in [3.05, 3.63) is 59.2 Å². The van der Waals surface area contributed by atoms with Crippen molar-refractivity contribution < 1.29 is 10.2 Å². The molecule has 0 saturated carbocycles. The Hall–Kier alpha value is -1.96. The predicted molar refractivity (Wildman–Crippen MR) is 82.4 cm³/mol. The summed E-state index contributed by atoms with van der Waals surface area (Å²) in [6.07, 6.45) is 0. The van der Waals surface area contributed by atoms with Crippen LogP contribution >= 0.6 is 0 Å². The first kappa shape index (κ1) is 14.4. The van der Waals surface area contributed by atoms with Crippen molar-refractivity contribution in [3.63, 3.8) is 0 Å². The van der Waals surface area contributed by atoms with Crippen LogP contribution in [0.1, 0.15) is 50.3 Å². The third kappa shape index (κ3) is 2.64. The molecule has 0 radical (unpaired) electrons. The molecule has 0 fully saturated rings. The van der Waals surface area contributed by atoms with E-state index in [1.54, 1.807) is 6.07 Å². The number of hydrogen-bond donors (Lipinski definition) is 2. The minimum absolute atomic E-state index is 0.171. The van der Waals surface area contributed by atoms with Crippen LogP contribution in [0.5, 0.6) is 11.5 Å². The van der Waals surface area contributed by atoms with E-state index in [1.807, 2.05) is 13.8 Å². The molecule has 2 rings (SSSR count). The van der Waals surface area contributed by atoms with Crippen molar-refractivity contribution in [3.8, 4) is 11.5 Å². The minimum atomic E-state index is -0.363. The highest BCUT2D eigenvalue weighted by atomic mass is 16.3. The Morgan fingerprint density at radius 1 is 0.900 bits per heavy atom. The van der Waals surface area contributed by atoms with E-state index in [0.29, 0.717) is 5.92 Å². The smallest absolute Gasteiger partial charge is 0.119 e. The van der Waals surface area contributed by atoms with E-state index in [0.717, 1.165) is 11.1 Å². The fraction of sp³-hybridized carbons (Fsp3) is 0.333. The second-order valence-corrected chi connectivity index (χ2v) is 6.10. The normalized spacial score (nSPS) is 11.8. The Morgan fingerprint density at radius 3 is 2.05 bits per heavy atom. The van der Waals surface area contributed by atoms with E-state index in [2.05, 4.69) is 38.1 Å². The quantitative estimate of drug-likeness (QED) is 0.803. The van der Waals surface area contributed by atoms with E-state index in [1.165, 1.54) is 17.7 Å². The number of aromatic hydroxyl groups is 2. The average Bonchev–Trinajstić information content (AvgIpc) is 2.41. The summed E-state index contributed by atoms with van der Waals surface area (Å²) in [6, 6.07) is 13.1. The standard InChI is InChI=1S/C18H22O2/c1-12(2)13-5-7-14(8-6-13)18(3,4)16-11-15(19)9-10-17(16)20/h5-12,19-20H,1-4H3. The SMILES string of the molecule is CC(C)c1ccc(C(C)(C)c2cc(O)ccc2O)cc1. The summed E-state index contributed by atoms with van der Waals surface area (Å²) in [6.45, 7) is 8.43. The van der Waals surface area contributed by atoms with Gasteiger partial charge in [0.1, 0.15) is 11.5 Å². The summed E-state index contributed by atoms with van der Waals surface area (Å²) in [4.78, 5) is 0. The predicted octanol–water partition coefficient (Wildman–Crippen LogP) is 4.55. The van der Waals surface area contributed by atoms with Crippen molar-refractivity contribution >= 4 is 0 Å². The molecule has 0 aromatic heterocycles. The molecule has 20 heavy (non-hydrogen) atoms. The molecule has 0 heterocycles. The lowest BCUT2D eigenvalue weighted by Gasteiger charge is -2.27. The Kier molecular flexibility index (Phi) is 3.76. The van der Waals surface area contributed by atoms with Crippen LogP contribution < -0.4 is 0 Å². The summed E-state index contributed by atoms with van der Waals surface area (Å²) in [5, 5.41) is 19.7. The maximum absolute atomic E-state index is 10.1. The van der Waals surface area contributed by atoms with Crippen LogP contribution in [0, 0.1) is 0 Å². The van der Waals surface area contributed by atoms with Crippen LogP contribution in [0.3, 0.4) is 0 Å². The second-order valence-electron chi connectivity index (χ2n) is 6.10. The first-order valence-electron chi connectivity index (χ1n) is 6.95. The number of phenolic OH excluding ortho intramolecular Hbond substituents is 2. The first-order valence-corrected chi connectivity index (χ1v) is 6.95. The largest absolute Gasteiger partial charge is 0.508 e. The molecule has 0 aliphatic rings. The Bertz CT molecular complexity index is 595. The Balaban J connectivity index is 2.46. The van der Waals surface area contributed by atoms with Crippen LogP contribution in [0.2, 0.25) is 0 Å². The van der Waals surface area contributed by atoms with Gasteiger partial charge in [0.25, 0.3) is 0 Å². The van der Waals surface area contributed by atoms with Crippen molar-refractivity contribution in [1.29, 1.82) is 0 Å². The molecule has 2 aromatic rings. The molecule has 0 aliphatic heterocycles. The van der Waals surface area contributed by atoms with Gasteiger partial charge in [-0.05, 0) is 35.2 Å². The summed E-state index contributed by atoms with van der Waals surface area (Å²) < 4.78 is 0. The van der Waals surface area contributed by atoms with Crippen LogP contribution in [0.15, 0.2) is 42.5 Å². The molecule has 0 saturated heterocycles. The molecule has 2 nitrogen and oxygen atoms in total. The van der Waals surface area contributed by atoms with Gasteiger partial charge in [-0.2, -0.15) is 0 Å². The molecule has 2 aromatic carbocycles. The van der Waals surface area contributed by atoms with Gasteiger partial charge in [-0.25, -0.2) is 0 Å². The molecule has 0 bridgehead atoms. The monoisotopic (exact) mass is 270 g/mol. The van der Waals surface area contributed by atoms with E-state index >= 15 is 0 Å². The molecular formula is C18H22O2. The van der Waals surface area contributed by atoms with Gasteiger partial charge < -0.3 is 10.2 Å². The highest BCUT2D eigenvalue weighted by Crippen LogP contribution is 2.38. The lowest BCUT2D eigenvalue weighted by molar-refractivity contribution is 0.441. The van der Waals surface area contributed by atoms with Crippen LogP contribution in [-0.4, -0.2) is 10.2 Å². The van der Waals surface area contributed by atoms with E-state index in [9.17, 15) is 10.2 Å². The van der Waals surface area contributed by atoms with Crippen LogP contribution in [0.4, 0.5) is 0 Å². The fourth-order valence-corrected chi connectivity index (χ4v) is 2.46. The lowest BCUT2D eigenvalue weighted by atomic mass is 9.77. The lowest BCUT2D eigenvalue weighted by Crippen LogP contribution is -2.19. The van der Waals surface area contributed by atoms with Crippen molar-refractivity contribution in [1.82, 2.24) is 0 Å². The van der Waals surface area contributed by atoms with E-state index < -0.39 is 0 Å². The third-order valence-corrected chi connectivity index (χ3v) is 3.95. The molecule has 0 spiro atoms. The molecule has 106 valence electrons. The zero-order valence-electron chi connectivity index (χ0n) is 12.5. The zero-order chi connectivity index (χ0) is 14.9. The molecule has 2 N–H and O–H groups in total. The molecule has 0 aliphatic carbocycles. The minimum Gasteiger partial charge on any atom is -0.508 e. The molecule has 0 atom stereocenters. The fourth-order valence-electron chi connectivity index (χ4n) is 2.46. The van der Waals surface area contributed by atoms with Crippen molar-refractivity contribution in [2.45, 2.75) is 39.0 Å². The third-order valence-electron chi connectivity index (χ3n) is 3.95. The topological polar surface area (TPSA) is 40.5 Å². The molecular weight excluding hydrogens is 248 g/mol. The second kappa shape index (κ2) is 5.20. The van der Waals surface area contributed by atoms with Crippen molar-refractivity contribution in [2.24, 2.45) is 0 Å². The number of benzene rings is 2. The first-order chi connectivity index (χ1) is 9.32. The van der Waals surface area contributed by atoms with Gasteiger partial charge in [0.15, 0.2) is 0 Å². The van der Waals surface area contributed by atoms with Gasteiger partial charge in [-0.1, -0.05) is 52.0 Å². The molecule has 2 heteroatoms. The highest BCUT2D eigenvalue weighted by Gasteiger charge is 2.26. The Labute approximate surface area is 120 Å². The molecule has 0 amide bonds. The average molecular weight is 270 g/mol. The highest BCUT2D eigenvalue weighted by molar-refractivity contribution is 5.48. The van der Waals surface area contributed by atoms with Gasteiger partial charge in [0.2, 0.25) is 0 Å². The summed E-state index contributed by atoms with van der Waals surface area (Å²) >= 11 is 0. The Morgan fingerprint density at radius 2 is 1.50 bits per heavy atom. The summed E-state index contributed by atoms with van der Waals surface area (Å²) in [7, 11) is 0. The molecule has 0 unspecified atom stereocenters. The maximum Gasteiger partial charge on any atom is 0.119 e. The van der Waals surface area contributed by atoms with Gasteiger partial charge in [-0.15, -0.1) is 0 Å². The van der Waals surface area contributed by atoms with E-state index in [-0.39, 0.29) is 16.9 Å². The van der Waals surface area contributed by atoms with Crippen molar-refractivity contribution in [2.75, 3.05) is 0 Å². The maximum atomic E-state index is 10.1. The number of hydrogen-bond acceptors (Lipinski definition) is 2. The van der Waals surface area contributed by atoms with Gasteiger partial charge in [0.05, 0.1) is 0 Å². The zero-order valence-corrected chi connectivity index (χ0v) is 12.5. The number of rotatable bonds is 3. The number of phenols is 2. The summed E-state index contributed by atoms with van der Waals surface area (Å²) in [5.41, 5.74) is 2.78. The van der Waals surface area contributed by atoms with Gasteiger partial charge in [0, 0.05) is 11.0 Å². The van der Waals surface area contributed by atoms with E-state index in [4.69, 9.17) is 0 Å². The van der Waals surface area contributed by atoms with Gasteiger partial charge in [-0.3, -0.25) is 0 Å². The van der Waals surface area contributed by atoms with Crippen LogP contribution in [0.25, 0.3) is 0 Å². The van der Waals surface area contributed by atoms with Gasteiger partial charge >= 0.3 is 0 Å².